The molecule has 0 spiro atoms. The summed E-state index contributed by atoms with van der Waals surface area (Å²) in [4.78, 5) is 0. The first-order valence-corrected chi connectivity index (χ1v) is 2.61. The molecule has 2 rings (SSSR count). The van der Waals surface area contributed by atoms with Crippen molar-refractivity contribution in [1.82, 2.24) is 0 Å². The lowest BCUT2D eigenvalue weighted by Gasteiger charge is -1.78. The second-order valence-electron chi connectivity index (χ2n) is 2.74. The van der Waals surface area contributed by atoms with Crippen LogP contribution in [0.3, 0.4) is 0 Å². The van der Waals surface area contributed by atoms with Crippen LogP contribution in [0, 0.1) is 33.5 Å². The van der Waals surface area contributed by atoms with Gasteiger partial charge < -0.3 is 0 Å². The van der Waals surface area contributed by atoms with Crippen molar-refractivity contribution in [3.8, 4) is 12.1 Å². The van der Waals surface area contributed by atoms with Gasteiger partial charge in [0.05, 0.1) is 23.0 Å². The van der Waals surface area contributed by atoms with Crippen molar-refractivity contribution in [2.45, 2.75) is 12.8 Å². The molecular formula is C6H4N2. The molecule has 0 radical (unpaired) electrons. The highest BCUT2D eigenvalue weighted by molar-refractivity contribution is 5.46. The van der Waals surface area contributed by atoms with E-state index >= 15 is 0 Å². The third-order valence-electron chi connectivity index (χ3n) is 2.30. The predicted octanol–water partition coefficient (Wildman–Crippen LogP) is 0.814. The minimum absolute atomic E-state index is 0.151. The van der Waals surface area contributed by atoms with E-state index in [1.54, 1.807) is 0 Å². The number of fused-ring (bicyclic) bond motifs is 1. The van der Waals surface area contributed by atoms with Crippen molar-refractivity contribution in [3.63, 3.8) is 0 Å². The standard InChI is InChI=1S/C6H4N2/c7-3-5-1-6(5,2-5)4-8/h1-2H2. The van der Waals surface area contributed by atoms with Gasteiger partial charge in [-0.15, -0.1) is 0 Å². The van der Waals surface area contributed by atoms with Gasteiger partial charge in [-0.25, -0.2) is 0 Å². The SMILES string of the molecule is N#CC12CC1(C#N)C2. The van der Waals surface area contributed by atoms with Crippen LogP contribution >= 0.6 is 0 Å². The Balaban J connectivity index is 2.33. The molecule has 0 N–H and O–H groups in total. The molecule has 0 unspecified atom stereocenters. The maximum absolute atomic E-state index is 8.40. The normalized spacial score (nSPS) is 55.2. The van der Waals surface area contributed by atoms with Crippen molar-refractivity contribution in [2.24, 2.45) is 10.8 Å². The lowest BCUT2D eigenvalue weighted by Crippen LogP contribution is -1.75. The molecule has 2 saturated carbocycles. The van der Waals surface area contributed by atoms with E-state index in [0.29, 0.717) is 0 Å². The fourth-order valence-electron chi connectivity index (χ4n) is 1.26. The van der Waals surface area contributed by atoms with Crippen LogP contribution in [-0.2, 0) is 0 Å². The molecule has 2 nitrogen and oxygen atoms in total. The van der Waals surface area contributed by atoms with Gasteiger partial charge in [0.2, 0.25) is 0 Å². The van der Waals surface area contributed by atoms with E-state index in [2.05, 4.69) is 12.1 Å². The fourth-order valence-corrected chi connectivity index (χ4v) is 1.26. The van der Waals surface area contributed by atoms with Crippen molar-refractivity contribution in [1.29, 1.82) is 10.5 Å². The molecule has 0 aliphatic heterocycles. The topological polar surface area (TPSA) is 47.6 Å². The van der Waals surface area contributed by atoms with Gasteiger partial charge in [0, 0.05) is 0 Å². The van der Waals surface area contributed by atoms with Crippen LogP contribution < -0.4 is 0 Å². The van der Waals surface area contributed by atoms with Gasteiger partial charge >= 0.3 is 0 Å². The van der Waals surface area contributed by atoms with Gasteiger partial charge in [-0.05, 0) is 12.8 Å². The molecule has 2 heteroatoms. The Morgan fingerprint density at radius 1 is 1.00 bits per heavy atom. The summed E-state index contributed by atoms with van der Waals surface area (Å²) in [5.74, 6) is 0. The Bertz CT molecular complexity index is 198. The van der Waals surface area contributed by atoms with E-state index in [0.717, 1.165) is 12.8 Å². The van der Waals surface area contributed by atoms with Crippen molar-refractivity contribution in [3.05, 3.63) is 0 Å². The lowest BCUT2D eigenvalue weighted by molar-refractivity contribution is 0.768. The molecule has 0 heterocycles. The Morgan fingerprint density at radius 3 is 1.50 bits per heavy atom. The van der Waals surface area contributed by atoms with Gasteiger partial charge in [0.15, 0.2) is 0 Å². The average molecular weight is 104 g/mol. The Kier molecular flexibility index (Phi) is 0.324. The van der Waals surface area contributed by atoms with Crippen LogP contribution in [0.1, 0.15) is 12.8 Å². The minimum atomic E-state index is -0.151. The Morgan fingerprint density at radius 2 is 1.38 bits per heavy atom. The van der Waals surface area contributed by atoms with Crippen LogP contribution in [-0.4, -0.2) is 0 Å². The van der Waals surface area contributed by atoms with E-state index in [1.165, 1.54) is 0 Å². The molecule has 0 aromatic carbocycles. The maximum atomic E-state index is 8.40. The summed E-state index contributed by atoms with van der Waals surface area (Å²) in [5, 5.41) is 16.8. The predicted molar refractivity (Wildman–Crippen MR) is 25.3 cm³/mol. The summed E-state index contributed by atoms with van der Waals surface area (Å²) in [5.41, 5.74) is -0.302. The van der Waals surface area contributed by atoms with Gasteiger partial charge in [-0.1, -0.05) is 0 Å². The Labute approximate surface area is 47.3 Å². The van der Waals surface area contributed by atoms with Crippen LogP contribution in [0.2, 0.25) is 0 Å². The highest BCUT2D eigenvalue weighted by Crippen LogP contribution is 2.85. The van der Waals surface area contributed by atoms with E-state index in [4.69, 9.17) is 10.5 Å². The molecule has 0 aromatic heterocycles. The molecule has 2 fully saturated rings. The third kappa shape index (κ3) is 0.163. The lowest BCUT2D eigenvalue weighted by atomic mass is 10.2. The summed E-state index contributed by atoms with van der Waals surface area (Å²) in [6.45, 7) is 0. The molecule has 0 bridgehead atoms. The van der Waals surface area contributed by atoms with Crippen LogP contribution in [0.25, 0.3) is 0 Å². The van der Waals surface area contributed by atoms with Gasteiger partial charge in [-0.2, -0.15) is 10.5 Å². The first-order chi connectivity index (χ1) is 3.79. The van der Waals surface area contributed by atoms with Crippen molar-refractivity contribution >= 4 is 0 Å². The zero-order chi connectivity index (χ0) is 5.83. The van der Waals surface area contributed by atoms with Gasteiger partial charge in [-0.3, -0.25) is 0 Å². The van der Waals surface area contributed by atoms with Crippen LogP contribution in [0.4, 0.5) is 0 Å². The second kappa shape index (κ2) is 0.661. The molecule has 2 aliphatic rings. The average Bonchev–Trinajstić information content (AvgIpc) is 2.48. The third-order valence-corrected chi connectivity index (χ3v) is 2.30. The van der Waals surface area contributed by atoms with Gasteiger partial charge in [0.1, 0.15) is 0 Å². The summed E-state index contributed by atoms with van der Waals surface area (Å²) < 4.78 is 0. The summed E-state index contributed by atoms with van der Waals surface area (Å²) in [6.07, 6.45) is 1.68. The minimum Gasteiger partial charge on any atom is -0.198 e. The number of hydrogen-bond acceptors (Lipinski definition) is 2. The van der Waals surface area contributed by atoms with E-state index < -0.39 is 0 Å². The molecule has 0 aromatic rings. The fraction of sp³-hybridized carbons (Fsp3) is 0.667. The molecular weight excluding hydrogens is 100 g/mol. The zero-order valence-corrected chi connectivity index (χ0v) is 4.31. The molecule has 0 saturated heterocycles. The highest BCUT2D eigenvalue weighted by Gasteiger charge is 2.85. The molecule has 38 valence electrons. The summed E-state index contributed by atoms with van der Waals surface area (Å²) in [7, 11) is 0. The highest BCUT2D eigenvalue weighted by atomic mass is 14.8. The van der Waals surface area contributed by atoms with Crippen molar-refractivity contribution < 1.29 is 0 Å². The Hall–Kier alpha value is -1.02. The second-order valence-corrected chi connectivity index (χ2v) is 2.74. The number of nitrogens with zero attached hydrogens (tertiary/aromatic N) is 2. The zero-order valence-electron chi connectivity index (χ0n) is 4.31. The number of hydrogen-bond donors (Lipinski definition) is 0. The molecule has 0 amide bonds. The number of nitriles is 2. The van der Waals surface area contributed by atoms with Crippen molar-refractivity contribution in [2.75, 3.05) is 0 Å². The molecule has 8 heavy (non-hydrogen) atoms. The van der Waals surface area contributed by atoms with E-state index in [-0.39, 0.29) is 10.8 Å². The van der Waals surface area contributed by atoms with Crippen LogP contribution in [0.15, 0.2) is 0 Å². The van der Waals surface area contributed by atoms with E-state index in [1.807, 2.05) is 0 Å². The maximum Gasteiger partial charge on any atom is 0.0792 e. The first-order valence-electron chi connectivity index (χ1n) is 2.61. The molecule has 2 aliphatic carbocycles. The monoisotopic (exact) mass is 104 g/mol. The summed E-state index contributed by atoms with van der Waals surface area (Å²) >= 11 is 0. The number of rotatable bonds is 0. The first kappa shape index (κ1) is 3.92. The van der Waals surface area contributed by atoms with E-state index in [9.17, 15) is 0 Å². The molecule has 0 atom stereocenters. The smallest absolute Gasteiger partial charge is 0.0792 e. The van der Waals surface area contributed by atoms with Gasteiger partial charge in [0.25, 0.3) is 0 Å². The largest absolute Gasteiger partial charge is 0.198 e. The summed E-state index contributed by atoms with van der Waals surface area (Å²) in [6, 6.07) is 4.32. The van der Waals surface area contributed by atoms with Crippen LogP contribution in [0.5, 0.6) is 0 Å². The quantitative estimate of drug-likeness (QED) is 0.456.